The van der Waals surface area contributed by atoms with Gasteiger partial charge < -0.3 is 9.84 Å². The Morgan fingerprint density at radius 1 is 1.50 bits per heavy atom. The topological polar surface area (TPSA) is 63.6 Å². The molecule has 0 fully saturated rings. The molecule has 0 aliphatic carbocycles. The molecule has 0 aromatic carbocycles. The third-order valence-corrected chi connectivity index (χ3v) is 1.95. The second kappa shape index (κ2) is 4.91. The lowest BCUT2D eigenvalue weighted by Crippen LogP contribution is -2.22. The van der Waals surface area contributed by atoms with E-state index in [4.69, 9.17) is 4.74 Å². The Bertz CT molecular complexity index is 257. The van der Waals surface area contributed by atoms with Crippen LogP contribution in [0.2, 0.25) is 0 Å². The maximum absolute atomic E-state index is 11.1. The van der Waals surface area contributed by atoms with Crippen molar-refractivity contribution in [3.8, 4) is 0 Å². The van der Waals surface area contributed by atoms with E-state index in [0.717, 1.165) is 0 Å². The van der Waals surface area contributed by atoms with Crippen LogP contribution in [0.5, 0.6) is 0 Å². The lowest BCUT2D eigenvalue weighted by molar-refractivity contribution is -0.151. The number of hydrogen-bond donors (Lipinski definition) is 1. The number of allylic oxidation sites excluding steroid dienone is 1. The predicted molar refractivity (Wildman–Crippen MR) is 49.6 cm³/mol. The Kier molecular flexibility index (Phi) is 3.83. The minimum absolute atomic E-state index is 0.176. The summed E-state index contributed by atoms with van der Waals surface area (Å²) in [6.45, 7) is 1.70. The van der Waals surface area contributed by atoms with E-state index in [1.807, 2.05) is 0 Å². The molecule has 1 N–H and O–H groups in total. The van der Waals surface area contributed by atoms with Crippen LogP contribution < -0.4 is 0 Å². The molecule has 0 saturated heterocycles. The molecule has 14 heavy (non-hydrogen) atoms. The fourth-order valence-corrected chi connectivity index (χ4v) is 1.32. The molecule has 4 nitrogen and oxygen atoms in total. The van der Waals surface area contributed by atoms with E-state index >= 15 is 0 Å². The van der Waals surface area contributed by atoms with Gasteiger partial charge in [0.25, 0.3) is 0 Å². The molecule has 0 spiro atoms. The molecule has 0 bridgehead atoms. The van der Waals surface area contributed by atoms with Crippen molar-refractivity contribution in [2.24, 2.45) is 0 Å². The summed E-state index contributed by atoms with van der Waals surface area (Å²) < 4.78 is 4.91. The molecule has 0 amide bonds. The number of ether oxygens (including phenoxy) is 1. The summed E-state index contributed by atoms with van der Waals surface area (Å²) in [5.41, 5.74) is 0. The molecule has 1 rings (SSSR count). The number of aliphatic hydroxyl groups excluding tert-OH is 1. The van der Waals surface area contributed by atoms with Gasteiger partial charge in [0.2, 0.25) is 0 Å². The highest BCUT2D eigenvalue weighted by molar-refractivity contribution is 5.96. The van der Waals surface area contributed by atoms with Crippen molar-refractivity contribution in [3.63, 3.8) is 0 Å². The summed E-state index contributed by atoms with van der Waals surface area (Å²) in [6.07, 6.45) is 2.53. The lowest BCUT2D eigenvalue weighted by Gasteiger charge is -2.16. The van der Waals surface area contributed by atoms with Crippen LogP contribution in [0, 0.1) is 0 Å². The molecule has 2 atom stereocenters. The van der Waals surface area contributed by atoms with Gasteiger partial charge in [0.05, 0.1) is 6.10 Å². The van der Waals surface area contributed by atoms with Gasteiger partial charge in [-0.05, 0) is 6.92 Å². The van der Waals surface area contributed by atoms with Crippen LogP contribution in [-0.2, 0) is 14.3 Å². The first-order chi connectivity index (χ1) is 6.58. The third-order valence-electron chi connectivity index (χ3n) is 1.95. The average molecular weight is 198 g/mol. The highest BCUT2D eigenvalue weighted by Gasteiger charge is 2.16. The van der Waals surface area contributed by atoms with E-state index < -0.39 is 12.1 Å². The molecule has 0 saturated carbocycles. The zero-order valence-corrected chi connectivity index (χ0v) is 8.10. The minimum Gasteiger partial charge on any atom is -0.462 e. The number of aliphatic hydroxyl groups is 1. The number of ketones is 1. The van der Waals surface area contributed by atoms with Crippen molar-refractivity contribution < 1.29 is 19.4 Å². The van der Waals surface area contributed by atoms with Crippen LogP contribution >= 0.6 is 0 Å². The first kappa shape index (κ1) is 10.9. The van der Waals surface area contributed by atoms with Crippen molar-refractivity contribution >= 4 is 11.8 Å². The normalized spacial score (nSPS) is 32.1. The van der Waals surface area contributed by atoms with Crippen LogP contribution in [0.1, 0.15) is 26.2 Å². The van der Waals surface area contributed by atoms with Gasteiger partial charge in [-0.3, -0.25) is 9.59 Å². The summed E-state index contributed by atoms with van der Waals surface area (Å²) >= 11 is 0. The first-order valence-electron chi connectivity index (χ1n) is 4.64. The molecule has 0 aromatic heterocycles. The van der Waals surface area contributed by atoms with Crippen LogP contribution in [-0.4, -0.2) is 29.1 Å². The number of Topliss-reactive ketones (excluding diaryl/α,β-unsaturated/α-hetero) is 1. The summed E-state index contributed by atoms with van der Waals surface area (Å²) in [5.74, 6) is -0.697. The van der Waals surface area contributed by atoms with Crippen LogP contribution in [0.25, 0.3) is 0 Å². The van der Waals surface area contributed by atoms with Crippen molar-refractivity contribution in [1.82, 2.24) is 0 Å². The minimum atomic E-state index is -0.649. The Labute approximate surface area is 82.6 Å². The Morgan fingerprint density at radius 3 is 2.93 bits per heavy atom. The van der Waals surface area contributed by atoms with Crippen LogP contribution in [0.3, 0.4) is 0 Å². The zero-order valence-electron chi connectivity index (χ0n) is 8.10. The standard InChI is InChI=1S/C10H14O4/c1-7-5-8(11)3-2-4-9(12)6-10(13)14-7/h2-3,7-8,11H,4-6H2,1H3/b3-2+. The number of hydrogen-bond acceptors (Lipinski definition) is 4. The van der Waals surface area contributed by atoms with Crippen molar-refractivity contribution in [2.75, 3.05) is 0 Å². The lowest BCUT2D eigenvalue weighted by atomic mass is 10.1. The fourth-order valence-electron chi connectivity index (χ4n) is 1.32. The largest absolute Gasteiger partial charge is 0.462 e. The average Bonchev–Trinajstić information content (AvgIpc) is 2.01. The zero-order chi connectivity index (χ0) is 10.6. The predicted octanol–water partition coefficient (Wildman–Crippen LogP) is 0.588. The maximum Gasteiger partial charge on any atom is 0.313 e. The summed E-state index contributed by atoms with van der Waals surface area (Å²) in [4.78, 5) is 22.2. The monoisotopic (exact) mass is 198 g/mol. The van der Waals surface area contributed by atoms with Gasteiger partial charge in [0.1, 0.15) is 18.3 Å². The molecule has 78 valence electrons. The van der Waals surface area contributed by atoms with Gasteiger partial charge in [0.15, 0.2) is 0 Å². The molecule has 4 heteroatoms. The SMILES string of the molecule is CC1CC(O)/C=C/CC(=O)CC(=O)O1. The summed E-state index contributed by atoms with van der Waals surface area (Å²) in [5, 5.41) is 9.38. The van der Waals surface area contributed by atoms with Crippen molar-refractivity contribution in [2.45, 2.75) is 38.4 Å². The first-order valence-corrected chi connectivity index (χ1v) is 4.64. The smallest absolute Gasteiger partial charge is 0.313 e. The van der Waals surface area contributed by atoms with E-state index in [0.29, 0.717) is 6.42 Å². The van der Waals surface area contributed by atoms with Crippen LogP contribution in [0.15, 0.2) is 12.2 Å². The molecule has 0 aromatic rings. The number of rotatable bonds is 0. The molecular weight excluding hydrogens is 184 g/mol. The van der Waals surface area contributed by atoms with E-state index in [9.17, 15) is 14.7 Å². The molecule has 0 radical (unpaired) electrons. The summed E-state index contributed by atoms with van der Waals surface area (Å²) in [7, 11) is 0. The van der Waals surface area contributed by atoms with Crippen molar-refractivity contribution in [3.05, 3.63) is 12.2 Å². The van der Waals surface area contributed by atoms with Crippen molar-refractivity contribution in [1.29, 1.82) is 0 Å². The van der Waals surface area contributed by atoms with Gasteiger partial charge in [0, 0.05) is 12.8 Å². The van der Waals surface area contributed by atoms with Gasteiger partial charge in [-0.2, -0.15) is 0 Å². The Hall–Kier alpha value is -1.16. The number of carbonyl (C=O) groups excluding carboxylic acids is 2. The van der Waals surface area contributed by atoms with E-state index in [1.54, 1.807) is 19.1 Å². The van der Waals surface area contributed by atoms with E-state index in [1.165, 1.54) is 0 Å². The van der Waals surface area contributed by atoms with Gasteiger partial charge in [-0.15, -0.1) is 0 Å². The highest BCUT2D eigenvalue weighted by atomic mass is 16.5. The third kappa shape index (κ3) is 3.70. The van der Waals surface area contributed by atoms with Gasteiger partial charge >= 0.3 is 5.97 Å². The molecule has 1 heterocycles. The van der Waals surface area contributed by atoms with Crippen LogP contribution in [0.4, 0.5) is 0 Å². The molecule has 1 aliphatic rings. The molecular formula is C10H14O4. The second-order valence-corrected chi connectivity index (χ2v) is 3.45. The molecule has 1 aliphatic heterocycles. The van der Waals surface area contributed by atoms with E-state index in [2.05, 4.69) is 0 Å². The Balaban J connectivity index is 2.65. The molecule has 2 unspecified atom stereocenters. The Morgan fingerprint density at radius 2 is 2.21 bits per heavy atom. The highest BCUT2D eigenvalue weighted by Crippen LogP contribution is 2.08. The van der Waals surface area contributed by atoms with Gasteiger partial charge in [-0.1, -0.05) is 12.2 Å². The van der Waals surface area contributed by atoms with Gasteiger partial charge in [-0.25, -0.2) is 0 Å². The number of cyclic esters (lactones) is 1. The second-order valence-electron chi connectivity index (χ2n) is 3.45. The quantitative estimate of drug-likeness (QED) is 0.351. The fraction of sp³-hybridized carbons (Fsp3) is 0.600. The van der Waals surface area contributed by atoms with E-state index in [-0.39, 0.29) is 24.7 Å². The maximum atomic E-state index is 11.1. The summed E-state index contributed by atoms with van der Waals surface area (Å²) in [6, 6.07) is 0. The number of carbonyl (C=O) groups is 2. The number of esters is 1.